The summed E-state index contributed by atoms with van der Waals surface area (Å²) in [6.45, 7) is 0.413. The van der Waals surface area contributed by atoms with Gasteiger partial charge in [0.25, 0.3) is 10.0 Å². The molecule has 0 spiro atoms. The highest BCUT2D eigenvalue weighted by Gasteiger charge is 2.34. The third-order valence-electron chi connectivity index (χ3n) is 4.54. The number of benzene rings is 1. The number of thiophene rings is 1. The number of methoxy groups -OCH3 is 1. The van der Waals surface area contributed by atoms with Gasteiger partial charge in [-0.15, -0.1) is 11.3 Å². The van der Waals surface area contributed by atoms with E-state index in [2.05, 4.69) is 10.1 Å². The number of hydrogen-bond donors (Lipinski definition) is 2. The lowest BCUT2D eigenvalue weighted by molar-refractivity contribution is -0.120. The fourth-order valence-corrected chi connectivity index (χ4v) is 5.73. The molecule has 2 heterocycles. The third-order valence-corrected chi connectivity index (χ3v) is 7.78. The first-order valence-corrected chi connectivity index (χ1v) is 10.9. The Morgan fingerprint density at radius 1 is 1.29 bits per heavy atom. The Morgan fingerprint density at radius 3 is 2.75 bits per heavy atom. The molecule has 1 unspecified atom stereocenters. The number of phenols is 1. The monoisotopic (exact) mass is 424 g/mol. The van der Waals surface area contributed by atoms with Crippen molar-refractivity contribution in [3.05, 3.63) is 41.3 Å². The van der Waals surface area contributed by atoms with Crippen molar-refractivity contribution in [1.82, 2.24) is 4.31 Å². The van der Waals surface area contributed by atoms with Crippen LogP contribution >= 0.6 is 11.3 Å². The second-order valence-electron chi connectivity index (χ2n) is 6.32. The Morgan fingerprint density at radius 2 is 2.07 bits per heavy atom. The number of anilines is 1. The molecule has 1 aromatic heterocycles. The molecule has 0 aliphatic carbocycles. The number of para-hydroxylation sites is 1. The molecule has 0 saturated carbocycles. The lowest BCUT2D eigenvalue weighted by atomic mass is 9.98. The Kier molecular flexibility index (Phi) is 6.01. The minimum absolute atomic E-state index is 0.0590. The van der Waals surface area contributed by atoms with Gasteiger partial charge in [-0.25, -0.2) is 13.2 Å². The second kappa shape index (κ2) is 8.29. The molecule has 1 aliphatic rings. The highest BCUT2D eigenvalue weighted by molar-refractivity contribution is 7.91. The van der Waals surface area contributed by atoms with Crippen LogP contribution in [-0.4, -0.2) is 49.9 Å². The molecular weight excluding hydrogens is 404 g/mol. The Labute approximate surface area is 166 Å². The van der Waals surface area contributed by atoms with Crippen LogP contribution in [0.3, 0.4) is 0 Å². The van der Waals surface area contributed by atoms with E-state index in [-0.39, 0.29) is 27.8 Å². The summed E-state index contributed by atoms with van der Waals surface area (Å²) < 4.78 is 31.5. The first-order chi connectivity index (χ1) is 13.3. The van der Waals surface area contributed by atoms with E-state index < -0.39 is 27.8 Å². The second-order valence-corrected chi connectivity index (χ2v) is 9.43. The molecule has 1 aliphatic heterocycles. The number of nitrogens with zero attached hydrogens (tertiary/aromatic N) is 1. The summed E-state index contributed by atoms with van der Waals surface area (Å²) in [6.07, 6.45) is 1.08. The minimum Gasteiger partial charge on any atom is -0.505 e. The van der Waals surface area contributed by atoms with Crippen molar-refractivity contribution in [3.8, 4) is 5.75 Å². The molecule has 0 radical (unpaired) electrons. The van der Waals surface area contributed by atoms with E-state index in [9.17, 15) is 23.1 Å². The largest absolute Gasteiger partial charge is 0.505 e. The molecule has 3 rings (SSSR count). The minimum atomic E-state index is -3.63. The fraction of sp³-hybridized carbons (Fsp3) is 0.333. The van der Waals surface area contributed by atoms with Crippen LogP contribution in [0.1, 0.15) is 23.2 Å². The lowest BCUT2D eigenvalue weighted by Crippen LogP contribution is -2.43. The molecule has 1 atom stereocenters. The summed E-state index contributed by atoms with van der Waals surface area (Å²) in [4.78, 5) is 24.3. The number of carbonyl (C=O) groups excluding carboxylic acids is 2. The molecule has 0 bridgehead atoms. The average Bonchev–Trinajstić information content (AvgIpc) is 3.25. The Balaban J connectivity index is 1.74. The number of nitrogens with one attached hydrogen (secondary N) is 1. The van der Waals surface area contributed by atoms with Gasteiger partial charge in [-0.3, -0.25) is 4.79 Å². The van der Waals surface area contributed by atoms with Gasteiger partial charge in [0.05, 0.1) is 18.7 Å². The standard InChI is InChI=1S/C18H20N2O6S2/c1-26-18(23)13-6-2-7-14(16(13)21)19-17(22)12-5-3-9-20(11-12)28(24,25)15-8-4-10-27-15/h2,4,6-8,10,12,21H,3,5,9,11H2,1H3,(H,19,22). The van der Waals surface area contributed by atoms with Crippen LogP contribution in [0.25, 0.3) is 0 Å². The molecule has 1 fully saturated rings. The number of carbonyl (C=O) groups is 2. The van der Waals surface area contributed by atoms with E-state index in [1.807, 2.05) is 0 Å². The van der Waals surface area contributed by atoms with Gasteiger partial charge in [0, 0.05) is 13.1 Å². The highest BCUT2D eigenvalue weighted by Crippen LogP contribution is 2.30. The van der Waals surface area contributed by atoms with E-state index in [4.69, 9.17) is 0 Å². The molecule has 150 valence electrons. The van der Waals surface area contributed by atoms with Crippen molar-refractivity contribution >= 4 is 38.9 Å². The Hall–Kier alpha value is -2.43. The third kappa shape index (κ3) is 4.03. The van der Waals surface area contributed by atoms with Crippen molar-refractivity contribution in [3.63, 3.8) is 0 Å². The van der Waals surface area contributed by atoms with Crippen LogP contribution in [0.2, 0.25) is 0 Å². The maximum atomic E-state index is 12.7. The molecule has 2 N–H and O–H groups in total. The maximum absolute atomic E-state index is 12.7. The van der Waals surface area contributed by atoms with Gasteiger partial charge in [-0.1, -0.05) is 12.1 Å². The molecule has 1 saturated heterocycles. The topological polar surface area (TPSA) is 113 Å². The van der Waals surface area contributed by atoms with Gasteiger partial charge < -0.3 is 15.2 Å². The lowest BCUT2D eigenvalue weighted by Gasteiger charge is -2.30. The number of esters is 1. The van der Waals surface area contributed by atoms with Crippen LogP contribution in [0.15, 0.2) is 39.9 Å². The number of amides is 1. The molecular formula is C18H20N2O6S2. The number of sulfonamides is 1. The SMILES string of the molecule is COC(=O)c1cccc(NC(=O)C2CCCN(S(=O)(=O)c3cccs3)C2)c1O. The number of piperidine rings is 1. The smallest absolute Gasteiger partial charge is 0.341 e. The highest BCUT2D eigenvalue weighted by atomic mass is 32.2. The van der Waals surface area contributed by atoms with Crippen molar-refractivity contribution in [2.24, 2.45) is 5.92 Å². The van der Waals surface area contributed by atoms with Crippen LogP contribution in [-0.2, 0) is 19.6 Å². The van der Waals surface area contributed by atoms with Gasteiger partial charge in [0.2, 0.25) is 5.91 Å². The predicted octanol–water partition coefficient (Wildman–Crippen LogP) is 2.28. The fourth-order valence-electron chi connectivity index (χ4n) is 3.07. The number of phenolic OH excluding ortho intramolecular Hbond substituents is 1. The van der Waals surface area contributed by atoms with Crippen molar-refractivity contribution < 1.29 is 27.9 Å². The van der Waals surface area contributed by atoms with Crippen molar-refractivity contribution in [2.45, 2.75) is 17.1 Å². The zero-order valence-electron chi connectivity index (χ0n) is 15.1. The summed E-state index contributed by atoms with van der Waals surface area (Å²) in [5.74, 6) is -2.09. The van der Waals surface area contributed by atoms with E-state index in [0.717, 1.165) is 11.3 Å². The van der Waals surface area contributed by atoms with Gasteiger partial charge in [0.15, 0.2) is 5.75 Å². The number of ether oxygens (including phenoxy) is 1. The van der Waals surface area contributed by atoms with Crippen molar-refractivity contribution in [2.75, 3.05) is 25.5 Å². The zero-order valence-corrected chi connectivity index (χ0v) is 16.8. The summed E-state index contributed by atoms with van der Waals surface area (Å²) in [5.41, 5.74) is 0.0111. The quantitative estimate of drug-likeness (QED) is 0.562. The summed E-state index contributed by atoms with van der Waals surface area (Å²) in [5, 5.41) is 14.5. The molecule has 8 nitrogen and oxygen atoms in total. The summed E-state index contributed by atoms with van der Waals surface area (Å²) >= 11 is 1.14. The number of aromatic hydroxyl groups is 1. The van der Waals surface area contributed by atoms with Gasteiger partial charge in [-0.05, 0) is 36.4 Å². The first-order valence-electron chi connectivity index (χ1n) is 8.59. The van der Waals surface area contributed by atoms with Crippen molar-refractivity contribution in [1.29, 1.82) is 0 Å². The van der Waals surface area contributed by atoms with E-state index in [0.29, 0.717) is 19.4 Å². The van der Waals surface area contributed by atoms with Gasteiger partial charge in [-0.2, -0.15) is 4.31 Å². The summed E-state index contributed by atoms with van der Waals surface area (Å²) in [6, 6.07) is 7.56. The molecule has 10 heteroatoms. The normalized spacial score (nSPS) is 17.8. The molecule has 1 aromatic carbocycles. The van der Waals surface area contributed by atoms with Gasteiger partial charge in [0.1, 0.15) is 9.77 Å². The van der Waals surface area contributed by atoms with Crippen LogP contribution in [0.4, 0.5) is 5.69 Å². The average molecular weight is 425 g/mol. The Bertz CT molecular complexity index is 972. The van der Waals surface area contributed by atoms with Crippen LogP contribution < -0.4 is 5.32 Å². The van der Waals surface area contributed by atoms with E-state index >= 15 is 0 Å². The predicted molar refractivity (Wildman–Crippen MR) is 104 cm³/mol. The molecule has 28 heavy (non-hydrogen) atoms. The summed E-state index contributed by atoms with van der Waals surface area (Å²) in [7, 11) is -2.43. The molecule has 2 aromatic rings. The zero-order chi connectivity index (χ0) is 20.3. The maximum Gasteiger partial charge on any atom is 0.341 e. The molecule has 1 amide bonds. The van der Waals surface area contributed by atoms with Crippen LogP contribution in [0.5, 0.6) is 5.75 Å². The van der Waals surface area contributed by atoms with Gasteiger partial charge >= 0.3 is 5.97 Å². The van der Waals surface area contributed by atoms with E-state index in [1.165, 1.54) is 29.6 Å². The number of hydrogen-bond acceptors (Lipinski definition) is 7. The number of rotatable bonds is 5. The first kappa shape index (κ1) is 20.3. The van der Waals surface area contributed by atoms with Crippen LogP contribution in [0, 0.1) is 5.92 Å². The van der Waals surface area contributed by atoms with E-state index in [1.54, 1.807) is 17.5 Å².